The van der Waals surface area contributed by atoms with Crippen LogP contribution in [-0.2, 0) is 18.6 Å². The molecule has 0 aromatic carbocycles. The Morgan fingerprint density at radius 2 is 2.35 bits per heavy atom. The van der Waals surface area contributed by atoms with Crippen molar-refractivity contribution in [2.24, 2.45) is 11.7 Å². The van der Waals surface area contributed by atoms with Crippen LogP contribution in [0.25, 0.3) is 0 Å². The van der Waals surface area contributed by atoms with E-state index < -0.39 is 0 Å². The summed E-state index contributed by atoms with van der Waals surface area (Å²) < 4.78 is 0. The maximum Gasteiger partial charge on any atom is 0.138 e. The Kier molecular flexibility index (Phi) is 4.40. The van der Waals surface area contributed by atoms with Crippen molar-refractivity contribution in [2.45, 2.75) is 44.1 Å². The van der Waals surface area contributed by atoms with Crippen LogP contribution in [-0.4, -0.2) is 21.8 Å². The van der Waals surface area contributed by atoms with Crippen LogP contribution in [0, 0.1) is 5.92 Å². The van der Waals surface area contributed by atoms with E-state index in [2.05, 4.69) is 23.8 Å². The van der Waals surface area contributed by atoms with Crippen molar-refractivity contribution in [1.82, 2.24) is 9.97 Å². The van der Waals surface area contributed by atoms with Gasteiger partial charge in [-0.1, -0.05) is 13.8 Å². The summed E-state index contributed by atoms with van der Waals surface area (Å²) >= 11 is 1.90. The summed E-state index contributed by atoms with van der Waals surface area (Å²) in [6.45, 7) is 5.19. The average molecular weight is 251 g/mol. The molecule has 2 rings (SSSR count). The highest BCUT2D eigenvalue weighted by Crippen LogP contribution is 2.24. The lowest BCUT2D eigenvalue weighted by molar-refractivity contribution is 0.460. The van der Waals surface area contributed by atoms with E-state index in [0.29, 0.717) is 11.2 Å². The minimum Gasteiger partial charge on any atom is -0.330 e. The van der Waals surface area contributed by atoms with Crippen molar-refractivity contribution in [1.29, 1.82) is 0 Å². The summed E-state index contributed by atoms with van der Waals surface area (Å²) in [5.41, 5.74) is 8.29. The van der Waals surface area contributed by atoms with Crippen molar-refractivity contribution in [2.75, 3.05) is 6.54 Å². The standard InChI is InChI=1S/C13H21N3S/c1-9(2)17-8-13-15-7-11-5-10(6-14)3-4-12(11)16-13/h7,9-10H,3-6,8,14H2,1-2H3. The third kappa shape index (κ3) is 3.42. The summed E-state index contributed by atoms with van der Waals surface area (Å²) in [6.07, 6.45) is 5.32. The van der Waals surface area contributed by atoms with Gasteiger partial charge in [-0.25, -0.2) is 9.97 Å². The fourth-order valence-corrected chi connectivity index (χ4v) is 2.76. The summed E-state index contributed by atoms with van der Waals surface area (Å²) in [6, 6.07) is 0. The van der Waals surface area contributed by atoms with Crippen LogP contribution in [0.4, 0.5) is 0 Å². The Morgan fingerprint density at radius 3 is 3.06 bits per heavy atom. The Hall–Kier alpha value is -0.610. The molecule has 1 aliphatic carbocycles. The molecule has 0 radical (unpaired) electrons. The summed E-state index contributed by atoms with van der Waals surface area (Å²) in [5.74, 6) is 2.53. The summed E-state index contributed by atoms with van der Waals surface area (Å²) in [7, 11) is 0. The Morgan fingerprint density at radius 1 is 1.53 bits per heavy atom. The number of hydrogen-bond acceptors (Lipinski definition) is 4. The molecule has 2 N–H and O–H groups in total. The van der Waals surface area contributed by atoms with Crippen LogP contribution in [0.2, 0.25) is 0 Å². The molecule has 94 valence electrons. The van der Waals surface area contributed by atoms with E-state index in [-0.39, 0.29) is 0 Å². The lowest BCUT2D eigenvalue weighted by atomic mass is 9.87. The SMILES string of the molecule is CC(C)SCc1ncc2c(n1)CCC(CN)C2. The number of nitrogens with zero attached hydrogens (tertiary/aromatic N) is 2. The fourth-order valence-electron chi connectivity index (χ4n) is 2.14. The molecule has 0 saturated heterocycles. The second-order valence-electron chi connectivity index (χ2n) is 4.96. The van der Waals surface area contributed by atoms with Gasteiger partial charge in [0.2, 0.25) is 0 Å². The highest BCUT2D eigenvalue weighted by atomic mass is 32.2. The van der Waals surface area contributed by atoms with Crippen LogP contribution in [0.1, 0.15) is 37.4 Å². The van der Waals surface area contributed by atoms with Crippen LogP contribution in [0.3, 0.4) is 0 Å². The quantitative estimate of drug-likeness (QED) is 0.891. The van der Waals surface area contributed by atoms with Crippen LogP contribution in [0.15, 0.2) is 6.20 Å². The molecule has 0 spiro atoms. The molecule has 17 heavy (non-hydrogen) atoms. The predicted molar refractivity (Wildman–Crippen MR) is 73.0 cm³/mol. The van der Waals surface area contributed by atoms with E-state index in [1.807, 2.05) is 18.0 Å². The van der Waals surface area contributed by atoms with Gasteiger partial charge in [0.1, 0.15) is 5.82 Å². The van der Waals surface area contributed by atoms with Gasteiger partial charge in [-0.05, 0) is 42.5 Å². The third-order valence-corrected chi connectivity index (χ3v) is 4.27. The number of rotatable bonds is 4. The number of fused-ring (bicyclic) bond motifs is 1. The highest BCUT2D eigenvalue weighted by Gasteiger charge is 2.19. The lowest BCUT2D eigenvalue weighted by Crippen LogP contribution is -2.23. The van der Waals surface area contributed by atoms with Crippen LogP contribution in [0.5, 0.6) is 0 Å². The Labute approximate surface area is 108 Å². The van der Waals surface area contributed by atoms with Crippen molar-refractivity contribution in [3.8, 4) is 0 Å². The number of nitrogens with two attached hydrogens (primary N) is 1. The molecule has 1 aliphatic rings. The molecule has 0 amide bonds. The van der Waals surface area contributed by atoms with E-state index in [9.17, 15) is 0 Å². The average Bonchev–Trinajstić information content (AvgIpc) is 2.35. The Balaban J connectivity index is 2.05. The van der Waals surface area contributed by atoms with Gasteiger partial charge < -0.3 is 5.73 Å². The predicted octanol–water partition coefficient (Wildman–Crippen LogP) is 2.18. The largest absolute Gasteiger partial charge is 0.330 e. The van der Waals surface area contributed by atoms with Crippen molar-refractivity contribution in [3.05, 3.63) is 23.3 Å². The number of aromatic nitrogens is 2. The number of thioether (sulfide) groups is 1. The fraction of sp³-hybridized carbons (Fsp3) is 0.692. The van der Waals surface area contributed by atoms with Gasteiger partial charge in [-0.3, -0.25) is 0 Å². The molecule has 0 bridgehead atoms. The zero-order valence-electron chi connectivity index (χ0n) is 10.6. The normalized spacial score (nSPS) is 19.4. The maximum atomic E-state index is 5.73. The molecular weight excluding hydrogens is 230 g/mol. The number of hydrogen-bond donors (Lipinski definition) is 1. The van der Waals surface area contributed by atoms with Crippen LogP contribution < -0.4 is 5.73 Å². The molecule has 0 fully saturated rings. The van der Waals surface area contributed by atoms with Crippen molar-refractivity contribution < 1.29 is 0 Å². The molecule has 1 aromatic heterocycles. The van der Waals surface area contributed by atoms with Gasteiger partial charge in [0.25, 0.3) is 0 Å². The monoisotopic (exact) mass is 251 g/mol. The molecule has 4 heteroatoms. The zero-order valence-corrected chi connectivity index (χ0v) is 11.5. The van der Waals surface area contributed by atoms with Gasteiger partial charge in [0, 0.05) is 11.9 Å². The van der Waals surface area contributed by atoms with E-state index in [1.54, 1.807) is 0 Å². The molecule has 0 saturated carbocycles. The second-order valence-corrected chi connectivity index (χ2v) is 6.53. The van der Waals surface area contributed by atoms with E-state index in [1.165, 1.54) is 17.7 Å². The van der Waals surface area contributed by atoms with Gasteiger partial charge >= 0.3 is 0 Å². The van der Waals surface area contributed by atoms with E-state index in [0.717, 1.165) is 31.0 Å². The first-order chi connectivity index (χ1) is 8.19. The second kappa shape index (κ2) is 5.83. The first kappa shape index (κ1) is 12.8. The van der Waals surface area contributed by atoms with Crippen molar-refractivity contribution in [3.63, 3.8) is 0 Å². The molecule has 1 heterocycles. The highest BCUT2D eigenvalue weighted by molar-refractivity contribution is 7.99. The van der Waals surface area contributed by atoms with Crippen LogP contribution >= 0.6 is 11.8 Å². The molecule has 1 atom stereocenters. The minimum atomic E-state index is 0.627. The topological polar surface area (TPSA) is 51.8 Å². The molecule has 0 aliphatic heterocycles. The molecule has 3 nitrogen and oxygen atoms in total. The lowest BCUT2D eigenvalue weighted by Gasteiger charge is -2.22. The third-order valence-electron chi connectivity index (χ3n) is 3.18. The zero-order chi connectivity index (χ0) is 12.3. The summed E-state index contributed by atoms with van der Waals surface area (Å²) in [5, 5.41) is 0.635. The Bertz CT molecular complexity index is 379. The summed E-state index contributed by atoms with van der Waals surface area (Å²) in [4.78, 5) is 9.14. The van der Waals surface area contributed by atoms with Crippen molar-refractivity contribution >= 4 is 11.8 Å². The smallest absolute Gasteiger partial charge is 0.138 e. The van der Waals surface area contributed by atoms with Gasteiger partial charge in [-0.2, -0.15) is 11.8 Å². The minimum absolute atomic E-state index is 0.627. The maximum absolute atomic E-state index is 5.73. The molecule has 1 unspecified atom stereocenters. The molecular formula is C13H21N3S. The first-order valence-electron chi connectivity index (χ1n) is 6.34. The van der Waals surface area contributed by atoms with E-state index >= 15 is 0 Å². The van der Waals surface area contributed by atoms with E-state index in [4.69, 9.17) is 5.73 Å². The van der Waals surface area contributed by atoms with Gasteiger partial charge in [-0.15, -0.1) is 0 Å². The number of aryl methyl sites for hydroxylation is 1. The van der Waals surface area contributed by atoms with Gasteiger partial charge in [0.15, 0.2) is 0 Å². The molecule has 1 aromatic rings. The first-order valence-corrected chi connectivity index (χ1v) is 7.39. The van der Waals surface area contributed by atoms with Gasteiger partial charge in [0.05, 0.1) is 5.75 Å².